The number of hydrogen-bond donors (Lipinski definition) is 0. The summed E-state index contributed by atoms with van der Waals surface area (Å²) in [6.07, 6.45) is 2.13. The fourth-order valence-corrected chi connectivity index (χ4v) is 2.41. The highest BCUT2D eigenvalue weighted by Gasteiger charge is 2.17. The molecule has 0 atom stereocenters. The highest BCUT2D eigenvalue weighted by Crippen LogP contribution is 2.20. The summed E-state index contributed by atoms with van der Waals surface area (Å²) in [6, 6.07) is 12.2. The molecule has 0 saturated heterocycles. The van der Waals surface area contributed by atoms with Crippen molar-refractivity contribution in [3.05, 3.63) is 63.9 Å². The largest absolute Gasteiger partial charge is 0.390 e. The van der Waals surface area contributed by atoms with E-state index in [1.54, 1.807) is 11.3 Å². The lowest BCUT2D eigenvalue weighted by Gasteiger charge is -2.00. The zero-order valence-corrected chi connectivity index (χ0v) is 9.98. The van der Waals surface area contributed by atoms with E-state index in [0.29, 0.717) is 6.61 Å². The zero-order chi connectivity index (χ0) is 11.5. The second-order valence-electron chi connectivity index (χ2n) is 3.81. The third-order valence-corrected chi connectivity index (χ3v) is 3.31. The number of oxime groups is 1. The molecule has 0 bridgehead atoms. The molecule has 2 aromatic rings. The number of thiophene rings is 1. The second kappa shape index (κ2) is 4.55. The van der Waals surface area contributed by atoms with Gasteiger partial charge in [0.2, 0.25) is 0 Å². The van der Waals surface area contributed by atoms with Crippen molar-refractivity contribution < 1.29 is 4.84 Å². The summed E-state index contributed by atoms with van der Waals surface area (Å²) in [5, 5.41) is 8.31. The van der Waals surface area contributed by atoms with Gasteiger partial charge in [0.1, 0.15) is 12.3 Å². The Morgan fingerprint density at radius 1 is 1.18 bits per heavy atom. The van der Waals surface area contributed by atoms with Crippen molar-refractivity contribution in [2.24, 2.45) is 5.16 Å². The molecule has 0 spiro atoms. The molecule has 1 aliphatic heterocycles. The van der Waals surface area contributed by atoms with E-state index >= 15 is 0 Å². The predicted molar refractivity (Wildman–Crippen MR) is 71.2 cm³/mol. The fourth-order valence-electron chi connectivity index (χ4n) is 1.80. The summed E-state index contributed by atoms with van der Waals surface area (Å²) in [5.41, 5.74) is 4.39. The summed E-state index contributed by atoms with van der Waals surface area (Å²) in [6.45, 7) is 0.556. The van der Waals surface area contributed by atoms with Crippen molar-refractivity contribution in [2.45, 2.75) is 0 Å². The minimum Gasteiger partial charge on any atom is -0.390 e. The molecule has 0 N–H and O–H groups in total. The Bertz CT molecular complexity index is 555. The van der Waals surface area contributed by atoms with Crippen LogP contribution in [0.25, 0.3) is 6.08 Å². The van der Waals surface area contributed by atoms with Gasteiger partial charge in [0.15, 0.2) is 0 Å². The first kappa shape index (κ1) is 10.3. The summed E-state index contributed by atoms with van der Waals surface area (Å²) < 4.78 is 0. The third-order valence-electron chi connectivity index (χ3n) is 2.61. The van der Waals surface area contributed by atoms with Crippen molar-refractivity contribution in [3.63, 3.8) is 0 Å². The molecular weight excluding hydrogens is 230 g/mol. The molecule has 3 heteroatoms. The highest BCUT2D eigenvalue weighted by molar-refractivity contribution is 7.08. The van der Waals surface area contributed by atoms with E-state index < -0.39 is 0 Å². The van der Waals surface area contributed by atoms with Gasteiger partial charge in [-0.15, -0.1) is 0 Å². The van der Waals surface area contributed by atoms with Gasteiger partial charge in [0.25, 0.3) is 0 Å². The van der Waals surface area contributed by atoms with Crippen LogP contribution >= 0.6 is 11.3 Å². The van der Waals surface area contributed by atoms with Crippen LogP contribution in [0.15, 0.2) is 57.9 Å². The van der Waals surface area contributed by atoms with E-state index in [4.69, 9.17) is 4.84 Å². The molecule has 0 fully saturated rings. The first-order valence-corrected chi connectivity index (χ1v) is 6.36. The maximum Gasteiger partial charge on any atom is 0.144 e. The summed E-state index contributed by atoms with van der Waals surface area (Å²) >= 11 is 1.69. The molecule has 2 heterocycles. The summed E-state index contributed by atoms with van der Waals surface area (Å²) in [5.74, 6) is 0. The molecule has 1 aromatic carbocycles. The Morgan fingerprint density at radius 2 is 2.06 bits per heavy atom. The molecule has 84 valence electrons. The smallest absolute Gasteiger partial charge is 0.144 e. The Balaban J connectivity index is 1.95. The van der Waals surface area contributed by atoms with E-state index in [0.717, 1.165) is 16.8 Å². The zero-order valence-electron chi connectivity index (χ0n) is 9.17. The molecule has 0 aliphatic carbocycles. The van der Waals surface area contributed by atoms with Crippen LogP contribution in [0.3, 0.4) is 0 Å². The Labute approximate surface area is 104 Å². The van der Waals surface area contributed by atoms with Gasteiger partial charge < -0.3 is 4.84 Å². The van der Waals surface area contributed by atoms with E-state index in [2.05, 4.69) is 40.2 Å². The Hall–Kier alpha value is -1.87. The normalized spacial score (nSPS) is 16.9. The Kier molecular flexibility index (Phi) is 2.76. The average Bonchev–Trinajstić information content (AvgIpc) is 3.02. The number of benzene rings is 1. The van der Waals surface area contributed by atoms with Crippen molar-refractivity contribution in [3.8, 4) is 0 Å². The van der Waals surface area contributed by atoms with Crippen LogP contribution in [0.4, 0.5) is 0 Å². The standard InChI is InChI=1S/C14H11NOS/c1-2-4-12(5-3-1)14-13(9-16-15-14)8-11-6-7-17-10-11/h1-8,10H,9H2/b13-8+. The molecule has 0 amide bonds. The number of nitrogens with zero attached hydrogens (tertiary/aromatic N) is 1. The fraction of sp³-hybridized carbons (Fsp3) is 0.0714. The minimum atomic E-state index is 0.556. The second-order valence-corrected chi connectivity index (χ2v) is 4.59. The van der Waals surface area contributed by atoms with Crippen LogP contribution in [0.2, 0.25) is 0 Å². The highest BCUT2D eigenvalue weighted by atomic mass is 32.1. The van der Waals surface area contributed by atoms with E-state index in [1.807, 2.05) is 18.2 Å². The van der Waals surface area contributed by atoms with E-state index in [-0.39, 0.29) is 0 Å². The van der Waals surface area contributed by atoms with Gasteiger partial charge in [-0.3, -0.25) is 0 Å². The molecule has 1 aliphatic rings. The molecule has 0 saturated carbocycles. The average molecular weight is 241 g/mol. The van der Waals surface area contributed by atoms with Crippen LogP contribution in [0.1, 0.15) is 11.1 Å². The van der Waals surface area contributed by atoms with Crippen molar-refractivity contribution in [2.75, 3.05) is 6.61 Å². The first-order valence-electron chi connectivity index (χ1n) is 5.42. The number of hydrogen-bond acceptors (Lipinski definition) is 3. The lowest BCUT2D eigenvalue weighted by Crippen LogP contribution is -2.01. The minimum absolute atomic E-state index is 0.556. The van der Waals surface area contributed by atoms with Crippen molar-refractivity contribution in [1.29, 1.82) is 0 Å². The van der Waals surface area contributed by atoms with Gasteiger partial charge in [-0.25, -0.2) is 0 Å². The molecule has 2 nitrogen and oxygen atoms in total. The van der Waals surface area contributed by atoms with Crippen molar-refractivity contribution >= 4 is 23.1 Å². The number of rotatable bonds is 2. The van der Waals surface area contributed by atoms with E-state index in [1.165, 1.54) is 5.56 Å². The van der Waals surface area contributed by atoms with Crippen LogP contribution in [0.5, 0.6) is 0 Å². The maximum absolute atomic E-state index is 5.20. The van der Waals surface area contributed by atoms with Crippen LogP contribution in [0, 0.1) is 0 Å². The molecule has 17 heavy (non-hydrogen) atoms. The lowest BCUT2D eigenvalue weighted by atomic mass is 10.0. The van der Waals surface area contributed by atoms with Gasteiger partial charge in [-0.2, -0.15) is 11.3 Å². The van der Waals surface area contributed by atoms with Crippen LogP contribution < -0.4 is 0 Å². The van der Waals surface area contributed by atoms with E-state index in [9.17, 15) is 0 Å². The summed E-state index contributed by atoms with van der Waals surface area (Å²) in [4.78, 5) is 5.20. The molecular formula is C14H11NOS. The lowest BCUT2D eigenvalue weighted by molar-refractivity contribution is 0.187. The topological polar surface area (TPSA) is 21.6 Å². The third kappa shape index (κ3) is 2.15. The molecule has 3 rings (SSSR count). The van der Waals surface area contributed by atoms with Gasteiger partial charge in [-0.05, 0) is 28.5 Å². The maximum atomic E-state index is 5.20. The van der Waals surface area contributed by atoms with Gasteiger partial charge in [0.05, 0.1) is 0 Å². The van der Waals surface area contributed by atoms with Gasteiger partial charge in [0, 0.05) is 11.1 Å². The molecule has 0 unspecified atom stereocenters. The quantitative estimate of drug-likeness (QED) is 0.787. The van der Waals surface area contributed by atoms with Crippen LogP contribution in [-0.4, -0.2) is 12.3 Å². The van der Waals surface area contributed by atoms with Gasteiger partial charge >= 0.3 is 0 Å². The molecule has 0 radical (unpaired) electrons. The summed E-state index contributed by atoms with van der Waals surface area (Å²) in [7, 11) is 0. The van der Waals surface area contributed by atoms with Crippen LogP contribution in [-0.2, 0) is 4.84 Å². The predicted octanol–water partition coefficient (Wildman–Crippen LogP) is 3.57. The SMILES string of the molecule is C(=C1/CON=C1c1ccccc1)/c1ccsc1. The van der Waals surface area contributed by atoms with Gasteiger partial charge in [-0.1, -0.05) is 35.5 Å². The molecule has 1 aromatic heterocycles. The van der Waals surface area contributed by atoms with Crippen molar-refractivity contribution in [1.82, 2.24) is 0 Å². The Morgan fingerprint density at radius 3 is 2.82 bits per heavy atom. The first-order chi connectivity index (χ1) is 8.43. The monoisotopic (exact) mass is 241 g/mol.